The van der Waals surface area contributed by atoms with E-state index in [4.69, 9.17) is 0 Å². The molecule has 0 spiro atoms. The molecule has 2 rings (SSSR count). The molecule has 18 heavy (non-hydrogen) atoms. The molecule has 1 aliphatic carbocycles. The Morgan fingerprint density at radius 1 is 1.17 bits per heavy atom. The van der Waals surface area contributed by atoms with Crippen molar-refractivity contribution in [3.63, 3.8) is 0 Å². The molecule has 0 bridgehead atoms. The van der Waals surface area contributed by atoms with Crippen LogP contribution in [0.2, 0.25) is 0 Å². The van der Waals surface area contributed by atoms with E-state index in [1.54, 1.807) is 0 Å². The van der Waals surface area contributed by atoms with E-state index >= 15 is 0 Å². The quantitative estimate of drug-likeness (QED) is 0.815. The lowest BCUT2D eigenvalue weighted by molar-refractivity contribution is -0.122. The smallest absolute Gasteiger partial charge is 0.220 e. The SMILES string of the molecule is CCN1CCC[C@H](CNC(=O)CC2CCCC2)C1. The van der Waals surface area contributed by atoms with Crippen LogP contribution in [-0.2, 0) is 4.79 Å². The fraction of sp³-hybridized carbons (Fsp3) is 0.933. The van der Waals surface area contributed by atoms with Crippen LogP contribution >= 0.6 is 0 Å². The van der Waals surface area contributed by atoms with E-state index in [0.29, 0.717) is 11.8 Å². The van der Waals surface area contributed by atoms with Gasteiger partial charge in [-0.1, -0.05) is 19.8 Å². The fourth-order valence-corrected chi connectivity index (χ4v) is 3.41. The van der Waals surface area contributed by atoms with Crippen molar-refractivity contribution in [2.75, 3.05) is 26.2 Å². The Kier molecular flexibility index (Phi) is 5.48. The molecule has 1 amide bonds. The second kappa shape index (κ2) is 7.13. The maximum atomic E-state index is 11.9. The Bertz CT molecular complexity index is 261. The summed E-state index contributed by atoms with van der Waals surface area (Å²) < 4.78 is 0. The van der Waals surface area contributed by atoms with Gasteiger partial charge >= 0.3 is 0 Å². The van der Waals surface area contributed by atoms with E-state index < -0.39 is 0 Å². The Balaban J connectivity index is 1.62. The summed E-state index contributed by atoms with van der Waals surface area (Å²) in [6.07, 6.45) is 8.51. The van der Waals surface area contributed by atoms with E-state index in [1.807, 2.05) is 0 Å². The summed E-state index contributed by atoms with van der Waals surface area (Å²) >= 11 is 0. The minimum Gasteiger partial charge on any atom is -0.356 e. The first-order valence-electron chi connectivity index (χ1n) is 7.77. The molecule has 0 radical (unpaired) electrons. The highest BCUT2D eigenvalue weighted by atomic mass is 16.1. The molecule has 0 unspecified atom stereocenters. The van der Waals surface area contributed by atoms with E-state index in [9.17, 15) is 4.79 Å². The molecular formula is C15H28N2O. The Hall–Kier alpha value is -0.570. The number of carbonyl (C=O) groups is 1. The van der Waals surface area contributed by atoms with Gasteiger partial charge in [0, 0.05) is 19.5 Å². The highest BCUT2D eigenvalue weighted by Crippen LogP contribution is 2.27. The molecule has 1 saturated carbocycles. The van der Waals surface area contributed by atoms with Crippen LogP contribution in [0.3, 0.4) is 0 Å². The van der Waals surface area contributed by atoms with Crippen LogP contribution in [-0.4, -0.2) is 37.0 Å². The van der Waals surface area contributed by atoms with Gasteiger partial charge in [-0.05, 0) is 50.6 Å². The van der Waals surface area contributed by atoms with Crippen molar-refractivity contribution >= 4 is 5.91 Å². The van der Waals surface area contributed by atoms with E-state index in [0.717, 1.165) is 19.5 Å². The highest BCUT2D eigenvalue weighted by Gasteiger charge is 2.21. The lowest BCUT2D eigenvalue weighted by Gasteiger charge is -2.31. The van der Waals surface area contributed by atoms with Crippen LogP contribution in [0.15, 0.2) is 0 Å². The third kappa shape index (κ3) is 4.27. The second-order valence-electron chi connectivity index (χ2n) is 6.06. The summed E-state index contributed by atoms with van der Waals surface area (Å²) in [5.41, 5.74) is 0. The van der Waals surface area contributed by atoms with Crippen LogP contribution in [0.1, 0.15) is 51.9 Å². The van der Waals surface area contributed by atoms with Gasteiger partial charge in [-0.2, -0.15) is 0 Å². The van der Waals surface area contributed by atoms with Crippen LogP contribution in [0.5, 0.6) is 0 Å². The number of nitrogens with one attached hydrogen (secondary N) is 1. The van der Waals surface area contributed by atoms with Gasteiger partial charge in [0.15, 0.2) is 0 Å². The van der Waals surface area contributed by atoms with Crippen molar-refractivity contribution in [1.82, 2.24) is 10.2 Å². The van der Waals surface area contributed by atoms with Crippen LogP contribution in [0.25, 0.3) is 0 Å². The van der Waals surface area contributed by atoms with Gasteiger partial charge in [0.25, 0.3) is 0 Å². The summed E-state index contributed by atoms with van der Waals surface area (Å²) in [4.78, 5) is 14.4. The van der Waals surface area contributed by atoms with Gasteiger partial charge in [-0.15, -0.1) is 0 Å². The summed E-state index contributed by atoms with van der Waals surface area (Å²) in [5.74, 6) is 1.63. The molecule has 1 heterocycles. The molecule has 104 valence electrons. The molecule has 1 N–H and O–H groups in total. The number of carbonyl (C=O) groups excluding carboxylic acids is 1. The average Bonchev–Trinajstić information content (AvgIpc) is 2.89. The predicted octanol–water partition coefficient (Wildman–Crippen LogP) is 2.41. The number of piperidine rings is 1. The van der Waals surface area contributed by atoms with Crippen molar-refractivity contribution in [3.05, 3.63) is 0 Å². The molecular weight excluding hydrogens is 224 g/mol. The number of nitrogens with zero attached hydrogens (tertiary/aromatic N) is 1. The largest absolute Gasteiger partial charge is 0.356 e. The first kappa shape index (κ1) is 13.9. The minimum atomic E-state index is 0.288. The summed E-state index contributed by atoms with van der Waals surface area (Å²) in [7, 11) is 0. The topological polar surface area (TPSA) is 32.3 Å². The van der Waals surface area contributed by atoms with Gasteiger partial charge < -0.3 is 10.2 Å². The molecule has 1 aliphatic heterocycles. The van der Waals surface area contributed by atoms with Crippen molar-refractivity contribution in [1.29, 1.82) is 0 Å². The van der Waals surface area contributed by atoms with E-state index in [2.05, 4.69) is 17.1 Å². The first-order chi connectivity index (χ1) is 8.78. The third-order valence-corrected chi connectivity index (χ3v) is 4.59. The standard InChI is InChI=1S/C15H28N2O/c1-2-17-9-5-8-14(12-17)11-16-15(18)10-13-6-3-4-7-13/h13-14H,2-12H2,1H3,(H,16,18)/t14-/m1/s1. The van der Waals surface area contributed by atoms with Gasteiger partial charge in [-0.3, -0.25) is 4.79 Å². The van der Waals surface area contributed by atoms with Gasteiger partial charge in [0.2, 0.25) is 5.91 Å². The van der Waals surface area contributed by atoms with Gasteiger partial charge in [0.1, 0.15) is 0 Å². The van der Waals surface area contributed by atoms with Crippen LogP contribution < -0.4 is 5.32 Å². The summed E-state index contributed by atoms with van der Waals surface area (Å²) in [5, 5.41) is 3.16. The number of likely N-dealkylation sites (tertiary alicyclic amines) is 1. The zero-order valence-corrected chi connectivity index (χ0v) is 11.8. The monoisotopic (exact) mass is 252 g/mol. The molecule has 2 fully saturated rings. The molecule has 0 aromatic heterocycles. The van der Waals surface area contributed by atoms with Crippen LogP contribution in [0, 0.1) is 11.8 Å². The fourth-order valence-electron chi connectivity index (χ4n) is 3.41. The predicted molar refractivity (Wildman–Crippen MR) is 74.4 cm³/mol. The number of rotatable bonds is 5. The Labute approximate surface area is 111 Å². The minimum absolute atomic E-state index is 0.288. The third-order valence-electron chi connectivity index (χ3n) is 4.59. The van der Waals surface area contributed by atoms with Crippen molar-refractivity contribution in [3.8, 4) is 0 Å². The molecule has 0 aromatic carbocycles. The average molecular weight is 252 g/mol. The maximum Gasteiger partial charge on any atom is 0.220 e. The molecule has 1 atom stereocenters. The molecule has 2 aliphatic rings. The van der Waals surface area contributed by atoms with Gasteiger partial charge in [0.05, 0.1) is 0 Å². The summed E-state index contributed by atoms with van der Waals surface area (Å²) in [6.45, 7) is 6.67. The number of hydrogen-bond donors (Lipinski definition) is 1. The zero-order valence-electron chi connectivity index (χ0n) is 11.8. The van der Waals surface area contributed by atoms with Crippen LogP contribution in [0.4, 0.5) is 0 Å². The second-order valence-corrected chi connectivity index (χ2v) is 6.06. The molecule has 1 saturated heterocycles. The van der Waals surface area contributed by atoms with E-state index in [-0.39, 0.29) is 5.91 Å². The van der Waals surface area contributed by atoms with Crippen molar-refractivity contribution in [2.45, 2.75) is 51.9 Å². The maximum absolute atomic E-state index is 11.9. The zero-order chi connectivity index (χ0) is 12.8. The van der Waals surface area contributed by atoms with E-state index in [1.165, 1.54) is 51.6 Å². The van der Waals surface area contributed by atoms with Crippen molar-refractivity contribution in [2.24, 2.45) is 11.8 Å². The van der Waals surface area contributed by atoms with Crippen molar-refractivity contribution < 1.29 is 4.79 Å². The lowest BCUT2D eigenvalue weighted by atomic mass is 9.97. The Morgan fingerprint density at radius 3 is 2.61 bits per heavy atom. The van der Waals surface area contributed by atoms with Gasteiger partial charge in [-0.25, -0.2) is 0 Å². The molecule has 3 heteroatoms. The first-order valence-corrected chi connectivity index (χ1v) is 7.77. The molecule has 0 aromatic rings. The summed E-state index contributed by atoms with van der Waals surface area (Å²) in [6, 6.07) is 0. The number of amides is 1. The highest BCUT2D eigenvalue weighted by molar-refractivity contribution is 5.76. The normalized spacial score (nSPS) is 26.4. The number of hydrogen-bond acceptors (Lipinski definition) is 2. The lowest BCUT2D eigenvalue weighted by Crippen LogP contribution is -2.40. The molecule has 3 nitrogen and oxygen atoms in total. The Morgan fingerprint density at radius 2 is 1.89 bits per heavy atom.